The van der Waals surface area contributed by atoms with Gasteiger partial charge in [-0.3, -0.25) is 56.2 Å². The van der Waals surface area contributed by atoms with Gasteiger partial charge in [-0.15, -0.1) is 0 Å². The minimum Gasteiger partial charge on any atom is -0.756 e. The highest BCUT2D eigenvalue weighted by atomic mass is 31.2. The first-order valence-corrected chi connectivity index (χ1v) is 38.0. The molecule has 12 atom stereocenters. The SMILES string of the molecule is C[N+](C)(C)C[C@H](O)CC(=O)O.C[N+](C)(C)C[C@H](O)CC(=O)O.C[N+](C)(C)C[C@H](O)CC(=O)O.C[N+](C)(C)C[C@H](O)CC(=O)O.C[N+](C)(C)C[C@H](O)CC(=O)O.C[N+](C)(C)C[C@H](O)CC(=O)O.O=P([O-])(O)OC1C(OP(=O)([O-])O)C(OP(=O)([O-])O)C(OP(=O)([O-])O)C(OP(=O)([O-])O)C1OP(=O)([O-])O. The van der Waals surface area contributed by atoms with Gasteiger partial charge in [-0.25, -0.2) is 0 Å². The molecule has 0 aromatic carbocycles. The molecule has 18 N–H and O–H groups in total. The number of rotatable bonds is 36. The fourth-order valence-electron chi connectivity index (χ4n) is 8.15. The predicted molar refractivity (Wildman–Crippen MR) is 335 cm³/mol. The Balaban J connectivity index is -0.000000289. The fourth-order valence-corrected chi connectivity index (χ4v) is 11.4. The van der Waals surface area contributed by atoms with E-state index >= 15 is 0 Å². The van der Waals surface area contributed by atoms with Crippen LogP contribution in [0.2, 0.25) is 0 Å². The summed E-state index contributed by atoms with van der Waals surface area (Å²) in [5, 5.41) is 105. The largest absolute Gasteiger partial charge is 0.756 e. The second kappa shape index (κ2) is 46.4. The van der Waals surface area contributed by atoms with Crippen molar-refractivity contribution in [1.29, 1.82) is 0 Å². The van der Waals surface area contributed by atoms with Crippen LogP contribution in [0.25, 0.3) is 0 Å². The molecule has 1 fully saturated rings. The number of carbonyl (C=O) groups is 6. The predicted octanol–water partition coefficient (Wildman–Crippen LogP) is -9.76. The average molecular weight is 1630 g/mol. The van der Waals surface area contributed by atoms with Crippen molar-refractivity contribution < 1.29 is 230 Å². The second-order valence-corrected chi connectivity index (χ2v) is 35.5. The van der Waals surface area contributed by atoms with Crippen LogP contribution < -0.4 is 29.4 Å². The van der Waals surface area contributed by atoms with E-state index in [-0.39, 0.29) is 38.5 Å². The fraction of sp³-hybridized carbons (Fsp3) is 0.875. The summed E-state index contributed by atoms with van der Waals surface area (Å²) in [6.45, 7) is 2.79. The van der Waals surface area contributed by atoms with Gasteiger partial charge in [0.05, 0.1) is 165 Å². The van der Waals surface area contributed by atoms with Crippen LogP contribution in [0.5, 0.6) is 0 Å². The van der Waals surface area contributed by atoms with Crippen LogP contribution in [0.15, 0.2) is 0 Å². The maximum Gasteiger partial charge on any atom is 0.306 e. The van der Waals surface area contributed by atoms with E-state index in [1.54, 1.807) is 0 Å². The van der Waals surface area contributed by atoms with E-state index in [1.807, 2.05) is 127 Å². The van der Waals surface area contributed by atoms with Crippen molar-refractivity contribution in [2.24, 2.45) is 0 Å². The number of carboxylic acids is 6. The summed E-state index contributed by atoms with van der Waals surface area (Å²) in [7, 11) is -3.76. The topological polar surface area (TPSA) is 763 Å². The third-order valence-electron chi connectivity index (χ3n) is 10.5. The van der Waals surface area contributed by atoms with Gasteiger partial charge >= 0.3 is 35.8 Å². The van der Waals surface area contributed by atoms with Crippen LogP contribution in [-0.2, 0) is 83.3 Å². The smallest absolute Gasteiger partial charge is 0.306 e. The zero-order chi connectivity index (χ0) is 83.1. The number of aliphatic hydroxyl groups is 6. The molecular weight excluding hydrogens is 1520 g/mol. The van der Waals surface area contributed by atoms with Crippen molar-refractivity contribution in [2.75, 3.05) is 166 Å². The summed E-state index contributed by atoms with van der Waals surface area (Å²) < 4.78 is 94.2. The highest BCUT2D eigenvalue weighted by Gasteiger charge is 2.59. The van der Waals surface area contributed by atoms with Crippen molar-refractivity contribution in [3.63, 3.8) is 0 Å². The maximum absolute atomic E-state index is 11.3. The molecule has 0 aromatic heterocycles. The summed E-state index contributed by atoms with van der Waals surface area (Å²) in [6, 6.07) is 0. The van der Waals surface area contributed by atoms with E-state index in [0.29, 0.717) is 66.2 Å². The van der Waals surface area contributed by atoms with Crippen molar-refractivity contribution in [3.8, 4) is 0 Å². The van der Waals surface area contributed by atoms with Crippen LogP contribution in [0.4, 0.5) is 0 Å². The zero-order valence-corrected chi connectivity index (χ0v) is 65.0. The van der Waals surface area contributed by atoms with Gasteiger partial charge in [-0.05, 0) is 0 Å². The van der Waals surface area contributed by atoms with E-state index in [9.17, 15) is 85.5 Å². The van der Waals surface area contributed by atoms with E-state index < -0.39 is 156 Å². The normalized spacial score (nSPS) is 22.6. The minimum absolute atomic E-state index is 0.171. The van der Waals surface area contributed by atoms with Crippen molar-refractivity contribution in [3.05, 3.63) is 0 Å². The third kappa shape index (κ3) is 81.1. The van der Waals surface area contributed by atoms with Gasteiger partial charge in [-0.1, -0.05) is 0 Å². The van der Waals surface area contributed by atoms with Gasteiger partial charge in [0.25, 0.3) is 46.9 Å². The highest BCUT2D eigenvalue weighted by molar-refractivity contribution is 7.46. The number of aliphatic hydroxyl groups excluding tert-OH is 6. The molecule has 48 nitrogen and oxygen atoms in total. The molecule has 54 heteroatoms. The summed E-state index contributed by atoms with van der Waals surface area (Å²) in [5.74, 6) is -5.72. The third-order valence-corrected chi connectivity index (χ3v) is 13.5. The molecule has 0 aliphatic heterocycles. The molecule has 612 valence electrons. The second-order valence-electron chi connectivity index (χ2n) is 28.6. The molecule has 1 saturated carbocycles. The molecule has 1 rings (SSSR count). The molecule has 1 aliphatic carbocycles. The molecule has 102 heavy (non-hydrogen) atoms. The van der Waals surface area contributed by atoms with Gasteiger partial charge < -0.3 is 174 Å². The first-order chi connectivity index (χ1) is 44.4. The number of hydrogen-bond acceptors (Lipinski definition) is 30. The minimum atomic E-state index is -6.35. The Kier molecular flexibility index (Phi) is 50.0. The van der Waals surface area contributed by atoms with Crippen LogP contribution >= 0.6 is 46.9 Å². The molecule has 0 spiro atoms. The number of phosphoric ester groups is 6. The zero-order valence-electron chi connectivity index (χ0n) is 59.6. The van der Waals surface area contributed by atoms with Crippen molar-refractivity contribution >= 4 is 82.8 Å². The first kappa shape index (κ1) is 110. The molecule has 0 saturated heterocycles. The molecular formula is C48H108N6O42P6. The quantitative estimate of drug-likeness (QED) is 0.0205. The Hall–Kier alpha value is -3.00. The highest BCUT2D eigenvalue weighted by Crippen LogP contribution is 2.54. The monoisotopic (exact) mass is 1630 g/mol. The number of nitrogens with zero attached hydrogens (tertiary/aromatic N) is 6. The van der Waals surface area contributed by atoms with Crippen LogP contribution in [-0.4, -0.2) is 393 Å². The summed E-state index contributed by atoms with van der Waals surface area (Å²) >= 11 is 0. The Labute approximate surface area is 589 Å². The van der Waals surface area contributed by atoms with E-state index in [1.165, 1.54) is 0 Å². The Morgan fingerprint density at radius 2 is 0.333 bits per heavy atom. The van der Waals surface area contributed by atoms with Crippen LogP contribution in [0.1, 0.15) is 38.5 Å². The summed E-state index contributed by atoms with van der Waals surface area (Å²) in [6.07, 6.45) is -25.7. The number of likely N-dealkylation sites (N-methyl/N-ethyl adjacent to an activating group) is 6. The number of hydrogen-bond donors (Lipinski definition) is 18. The van der Waals surface area contributed by atoms with Crippen molar-refractivity contribution in [2.45, 2.75) is 112 Å². The lowest BCUT2D eigenvalue weighted by molar-refractivity contribution is -0.873. The van der Waals surface area contributed by atoms with E-state index in [0.717, 1.165) is 0 Å². The maximum atomic E-state index is 11.3. The molecule has 0 heterocycles. The molecule has 0 bridgehead atoms. The lowest BCUT2D eigenvalue weighted by Crippen LogP contribution is -2.67. The molecule has 0 radical (unpaired) electrons. The number of phosphoric acid groups is 6. The van der Waals surface area contributed by atoms with Gasteiger partial charge in [0.1, 0.15) is 113 Å². The molecule has 6 unspecified atom stereocenters. The number of aliphatic carboxylic acids is 6. The Morgan fingerprint density at radius 1 is 0.255 bits per heavy atom. The lowest BCUT2D eigenvalue weighted by atomic mass is 9.85. The van der Waals surface area contributed by atoms with Gasteiger partial charge in [0.15, 0.2) is 0 Å². The van der Waals surface area contributed by atoms with Gasteiger partial charge in [-0.2, -0.15) is 0 Å². The summed E-state index contributed by atoms with van der Waals surface area (Å²) in [4.78, 5) is 182. The summed E-state index contributed by atoms with van der Waals surface area (Å²) in [5.41, 5.74) is 0. The van der Waals surface area contributed by atoms with Gasteiger partial charge in [0, 0.05) is 0 Å². The van der Waals surface area contributed by atoms with Crippen molar-refractivity contribution in [1.82, 2.24) is 0 Å². The van der Waals surface area contributed by atoms with E-state index in [2.05, 4.69) is 27.1 Å². The molecule has 1 aliphatic rings. The average Bonchev–Trinajstić information content (AvgIpc) is 0.745. The molecule has 0 aromatic rings. The van der Waals surface area contributed by atoms with E-state index in [4.69, 9.17) is 90.6 Å². The Bertz CT molecular complexity index is 2310. The lowest BCUT2D eigenvalue weighted by Gasteiger charge is -2.52. The number of carboxylic acid groups (broad SMARTS) is 6. The van der Waals surface area contributed by atoms with Crippen LogP contribution in [0, 0.1) is 0 Å². The standard InChI is InChI=1S/6C7H15NO3.C6H18O24P6/c6*1-8(2,3)5-6(9)4-7(10)11;7-31(8,9)25-1-2(26-32(10,11)12)4(28-34(16,17)18)6(30-36(22,23)24)5(29-35(19,20)21)3(1)27-33(13,14)15/h6*6,9H,4-5H2,1-3H3;1-6H,(H2,7,8,9)(H2,10,11,12)(H2,13,14,15)(H2,16,17,18)(H2,19,20,21)(H2,22,23,24)/t6*6-;/m111111./s1. The first-order valence-electron chi connectivity index (χ1n) is 29.0. The Morgan fingerprint density at radius 3 is 0.382 bits per heavy atom. The van der Waals surface area contributed by atoms with Crippen LogP contribution in [0.3, 0.4) is 0 Å². The van der Waals surface area contributed by atoms with Gasteiger partial charge in [0.2, 0.25) is 0 Å². The molecule has 0 amide bonds. The number of quaternary nitrogens is 6.